The summed E-state index contributed by atoms with van der Waals surface area (Å²) >= 11 is 0. The number of hydrogen-bond donors (Lipinski definition) is 3. The molecule has 1 aromatic heterocycles. The van der Waals surface area contributed by atoms with Crippen LogP contribution in [0.4, 0.5) is 0 Å². The summed E-state index contributed by atoms with van der Waals surface area (Å²) in [6.45, 7) is 6.87. The van der Waals surface area contributed by atoms with Crippen molar-refractivity contribution in [3.05, 3.63) is 30.1 Å². The van der Waals surface area contributed by atoms with Gasteiger partial charge in [0.05, 0.1) is 23.7 Å². The van der Waals surface area contributed by atoms with Gasteiger partial charge in [-0.2, -0.15) is 0 Å². The lowest BCUT2D eigenvalue weighted by atomic mass is 10.3. The highest BCUT2D eigenvalue weighted by atomic mass is 127. The van der Waals surface area contributed by atoms with Crippen LogP contribution in [0.1, 0.15) is 32.0 Å². The number of halogens is 1. The molecule has 3 rings (SSSR count). The van der Waals surface area contributed by atoms with E-state index in [0.717, 1.165) is 88.0 Å². The molecule has 0 aliphatic carbocycles. The van der Waals surface area contributed by atoms with Crippen LogP contribution >= 0.6 is 24.0 Å². The average molecular weight is 501 g/mol. The predicted octanol–water partition coefficient (Wildman–Crippen LogP) is 2.86. The molecule has 0 amide bonds. The van der Waals surface area contributed by atoms with Crippen LogP contribution in [0.25, 0.3) is 11.0 Å². The van der Waals surface area contributed by atoms with Crippen molar-refractivity contribution in [2.24, 2.45) is 4.99 Å². The second kappa shape index (κ2) is 12.9. The monoisotopic (exact) mass is 501 g/mol. The van der Waals surface area contributed by atoms with E-state index in [2.05, 4.69) is 38.6 Å². The third-order valence-electron chi connectivity index (χ3n) is 4.48. The van der Waals surface area contributed by atoms with Crippen LogP contribution in [0.5, 0.6) is 0 Å². The molecule has 0 bridgehead atoms. The number of benzene rings is 1. The van der Waals surface area contributed by atoms with E-state index in [-0.39, 0.29) is 30.1 Å². The number of guanidine groups is 1. The maximum atomic E-state index is 5.78. The van der Waals surface area contributed by atoms with Gasteiger partial charge in [-0.05, 0) is 38.3 Å². The number of imidazole rings is 1. The Morgan fingerprint density at radius 2 is 2.21 bits per heavy atom. The van der Waals surface area contributed by atoms with Gasteiger partial charge >= 0.3 is 0 Å². The second-order valence-electron chi connectivity index (χ2n) is 6.70. The van der Waals surface area contributed by atoms with Crippen LogP contribution in [0.2, 0.25) is 0 Å². The molecule has 1 aliphatic heterocycles. The molecular formula is C20H32IN5O2. The van der Waals surface area contributed by atoms with Gasteiger partial charge in [-0.15, -0.1) is 24.0 Å². The summed E-state index contributed by atoms with van der Waals surface area (Å²) in [5.74, 6) is 1.89. The maximum Gasteiger partial charge on any atom is 0.191 e. The molecule has 2 aromatic rings. The molecule has 1 saturated heterocycles. The molecule has 1 aromatic carbocycles. The number of hydrogen-bond acceptors (Lipinski definition) is 4. The van der Waals surface area contributed by atoms with Gasteiger partial charge in [0, 0.05) is 39.3 Å². The summed E-state index contributed by atoms with van der Waals surface area (Å²) < 4.78 is 11.1. The minimum Gasteiger partial charge on any atom is -0.379 e. The van der Waals surface area contributed by atoms with Crippen molar-refractivity contribution in [3.8, 4) is 0 Å². The highest BCUT2D eigenvalue weighted by Crippen LogP contribution is 2.11. The van der Waals surface area contributed by atoms with E-state index in [9.17, 15) is 0 Å². The number of aromatic amines is 1. The number of rotatable bonds is 10. The Hall–Kier alpha value is -1.39. The Balaban J connectivity index is 0.00000280. The first-order valence-corrected chi connectivity index (χ1v) is 10.0. The maximum absolute atomic E-state index is 5.78. The first-order chi connectivity index (χ1) is 13.3. The number of H-pyrrole nitrogens is 1. The number of aryl methyl sites for hydroxylation is 1. The minimum absolute atomic E-state index is 0. The molecule has 1 atom stereocenters. The molecule has 0 saturated carbocycles. The minimum atomic E-state index is 0. The zero-order valence-electron chi connectivity index (χ0n) is 16.6. The first-order valence-electron chi connectivity index (χ1n) is 10.0. The van der Waals surface area contributed by atoms with Gasteiger partial charge in [0.2, 0.25) is 0 Å². The SMILES string of the molecule is CCNC(=NCCCc1nc2ccccc2[nH]1)NCCCOC1CCOC1.I. The van der Waals surface area contributed by atoms with Crippen LogP contribution in [-0.2, 0) is 15.9 Å². The standard InChI is InChI=1S/C20H31N5O2.HI/c1-2-21-20(23-12-6-13-27-16-10-14-26-15-16)22-11-5-9-19-24-17-7-3-4-8-18(17)25-19;/h3-4,7-8,16H,2,5-6,9-15H2,1H3,(H,24,25)(H2,21,22,23);1H. The fraction of sp³-hybridized carbons (Fsp3) is 0.600. The Kier molecular flexibility index (Phi) is 10.6. The number of ether oxygens (including phenoxy) is 2. The lowest BCUT2D eigenvalue weighted by Gasteiger charge is -2.12. The Labute approximate surface area is 184 Å². The van der Waals surface area contributed by atoms with Crippen molar-refractivity contribution in [2.45, 2.75) is 38.7 Å². The summed E-state index contributed by atoms with van der Waals surface area (Å²) in [5, 5.41) is 6.66. The topological polar surface area (TPSA) is 83.6 Å². The Morgan fingerprint density at radius 1 is 1.32 bits per heavy atom. The van der Waals surface area contributed by atoms with E-state index in [1.807, 2.05) is 18.2 Å². The van der Waals surface area contributed by atoms with E-state index >= 15 is 0 Å². The number of aliphatic imine (C=N–C) groups is 1. The third kappa shape index (κ3) is 7.56. The van der Waals surface area contributed by atoms with Crippen LogP contribution in [0.15, 0.2) is 29.3 Å². The van der Waals surface area contributed by atoms with Crippen molar-refractivity contribution in [3.63, 3.8) is 0 Å². The van der Waals surface area contributed by atoms with Crippen LogP contribution in [0.3, 0.4) is 0 Å². The highest BCUT2D eigenvalue weighted by Gasteiger charge is 2.15. The Bertz CT molecular complexity index is 682. The lowest BCUT2D eigenvalue weighted by molar-refractivity contribution is 0.0420. The molecule has 1 unspecified atom stereocenters. The van der Waals surface area contributed by atoms with Crippen LogP contribution < -0.4 is 10.6 Å². The van der Waals surface area contributed by atoms with Crippen molar-refractivity contribution in [1.29, 1.82) is 0 Å². The number of nitrogens with zero attached hydrogens (tertiary/aromatic N) is 2. The van der Waals surface area contributed by atoms with Crippen LogP contribution in [-0.4, -0.2) is 61.5 Å². The quantitative estimate of drug-likeness (QED) is 0.202. The largest absolute Gasteiger partial charge is 0.379 e. The lowest BCUT2D eigenvalue weighted by Crippen LogP contribution is -2.38. The zero-order valence-corrected chi connectivity index (χ0v) is 18.9. The van der Waals surface area contributed by atoms with Crippen molar-refractivity contribution in [2.75, 3.05) is 39.5 Å². The number of nitrogens with one attached hydrogen (secondary N) is 3. The number of fused-ring (bicyclic) bond motifs is 1. The van der Waals surface area contributed by atoms with Gasteiger partial charge in [-0.3, -0.25) is 4.99 Å². The molecule has 1 fully saturated rings. The third-order valence-corrected chi connectivity index (χ3v) is 4.48. The molecule has 8 heteroatoms. The van der Waals surface area contributed by atoms with E-state index in [4.69, 9.17) is 9.47 Å². The van der Waals surface area contributed by atoms with E-state index in [0.29, 0.717) is 0 Å². The van der Waals surface area contributed by atoms with E-state index < -0.39 is 0 Å². The fourth-order valence-corrected chi connectivity index (χ4v) is 3.08. The summed E-state index contributed by atoms with van der Waals surface area (Å²) in [4.78, 5) is 12.6. The summed E-state index contributed by atoms with van der Waals surface area (Å²) in [5.41, 5.74) is 2.12. The molecule has 2 heterocycles. The summed E-state index contributed by atoms with van der Waals surface area (Å²) in [6.07, 6.45) is 4.11. The van der Waals surface area contributed by atoms with Gasteiger partial charge in [0.15, 0.2) is 5.96 Å². The molecule has 0 radical (unpaired) electrons. The summed E-state index contributed by atoms with van der Waals surface area (Å²) in [7, 11) is 0. The molecule has 3 N–H and O–H groups in total. The summed E-state index contributed by atoms with van der Waals surface area (Å²) in [6, 6.07) is 8.12. The van der Waals surface area contributed by atoms with Crippen LogP contribution in [0, 0.1) is 0 Å². The van der Waals surface area contributed by atoms with E-state index in [1.54, 1.807) is 0 Å². The van der Waals surface area contributed by atoms with Gasteiger partial charge in [0.1, 0.15) is 5.82 Å². The molecule has 28 heavy (non-hydrogen) atoms. The molecular weight excluding hydrogens is 469 g/mol. The highest BCUT2D eigenvalue weighted by molar-refractivity contribution is 14.0. The zero-order chi connectivity index (χ0) is 18.7. The number of aromatic nitrogens is 2. The molecule has 1 aliphatic rings. The first kappa shape index (κ1) is 22.9. The molecule has 156 valence electrons. The normalized spacial score (nSPS) is 16.9. The van der Waals surface area contributed by atoms with Crippen molar-refractivity contribution >= 4 is 41.0 Å². The molecule has 7 nitrogen and oxygen atoms in total. The van der Waals surface area contributed by atoms with E-state index in [1.165, 1.54) is 0 Å². The van der Waals surface area contributed by atoms with Crippen molar-refractivity contribution < 1.29 is 9.47 Å². The van der Waals surface area contributed by atoms with Gasteiger partial charge < -0.3 is 25.1 Å². The predicted molar refractivity (Wildman–Crippen MR) is 124 cm³/mol. The Morgan fingerprint density at radius 3 is 3.00 bits per heavy atom. The van der Waals surface area contributed by atoms with Gasteiger partial charge in [-0.25, -0.2) is 4.98 Å². The smallest absolute Gasteiger partial charge is 0.191 e. The number of para-hydroxylation sites is 2. The molecule has 0 spiro atoms. The van der Waals surface area contributed by atoms with Gasteiger partial charge in [-0.1, -0.05) is 12.1 Å². The second-order valence-corrected chi connectivity index (χ2v) is 6.70. The van der Waals surface area contributed by atoms with Crippen molar-refractivity contribution in [1.82, 2.24) is 20.6 Å². The average Bonchev–Trinajstić information content (AvgIpc) is 3.34. The van der Waals surface area contributed by atoms with Gasteiger partial charge in [0.25, 0.3) is 0 Å². The fourth-order valence-electron chi connectivity index (χ4n) is 3.08.